The van der Waals surface area contributed by atoms with E-state index in [-0.39, 0.29) is 0 Å². The van der Waals surface area contributed by atoms with Crippen molar-refractivity contribution in [2.75, 3.05) is 6.61 Å². The molecule has 0 bridgehead atoms. The fraction of sp³-hybridized carbons (Fsp3) is 0.400. The highest BCUT2D eigenvalue weighted by Gasteiger charge is 2.06. The van der Waals surface area contributed by atoms with Gasteiger partial charge in [0.15, 0.2) is 0 Å². The minimum Gasteiger partial charge on any atom is -0.493 e. The topological polar surface area (TPSA) is 48.1 Å². The van der Waals surface area contributed by atoms with Crippen LogP contribution >= 0.6 is 11.3 Å². The van der Waals surface area contributed by atoms with E-state index in [9.17, 15) is 0 Å². The molecule has 0 atom stereocenters. The average Bonchev–Trinajstić information content (AvgIpc) is 2.80. The Bertz CT molecular complexity index is 519. The second-order valence-corrected chi connectivity index (χ2v) is 5.58. The Hall–Kier alpha value is -1.39. The third kappa shape index (κ3) is 3.78. The molecular formula is C15H20N2OS. The Kier molecular flexibility index (Phi) is 4.93. The standard InChI is InChI=1S/C15H20N2OS/c1-3-12-4-6-13(7-5-12)18-9-8-15-17-11(2)14(10-16)19-15/h4-7H,3,8-10,16H2,1-2H3. The van der Waals surface area contributed by atoms with Gasteiger partial charge in [0.1, 0.15) is 5.75 Å². The van der Waals surface area contributed by atoms with E-state index in [1.54, 1.807) is 11.3 Å². The molecule has 4 heteroatoms. The highest BCUT2D eigenvalue weighted by molar-refractivity contribution is 7.11. The van der Waals surface area contributed by atoms with Gasteiger partial charge in [0.2, 0.25) is 0 Å². The van der Waals surface area contributed by atoms with E-state index in [1.165, 1.54) is 10.4 Å². The van der Waals surface area contributed by atoms with Gasteiger partial charge in [0.05, 0.1) is 17.3 Å². The van der Waals surface area contributed by atoms with Crippen LogP contribution in [0.15, 0.2) is 24.3 Å². The molecule has 0 spiro atoms. The van der Waals surface area contributed by atoms with Gasteiger partial charge >= 0.3 is 0 Å². The molecule has 102 valence electrons. The largest absolute Gasteiger partial charge is 0.493 e. The Morgan fingerprint density at radius 2 is 2.00 bits per heavy atom. The van der Waals surface area contributed by atoms with E-state index in [0.717, 1.165) is 29.3 Å². The third-order valence-electron chi connectivity index (χ3n) is 3.04. The molecule has 0 aliphatic rings. The molecule has 0 fully saturated rings. The van der Waals surface area contributed by atoms with Gasteiger partial charge in [-0.25, -0.2) is 4.98 Å². The molecule has 0 amide bonds. The van der Waals surface area contributed by atoms with E-state index < -0.39 is 0 Å². The molecule has 2 N–H and O–H groups in total. The van der Waals surface area contributed by atoms with Crippen LogP contribution in [0.3, 0.4) is 0 Å². The van der Waals surface area contributed by atoms with Crippen molar-refractivity contribution in [3.8, 4) is 5.75 Å². The van der Waals surface area contributed by atoms with Crippen molar-refractivity contribution in [2.45, 2.75) is 33.2 Å². The van der Waals surface area contributed by atoms with E-state index in [4.69, 9.17) is 10.5 Å². The second-order valence-electron chi connectivity index (χ2n) is 4.42. The molecule has 3 nitrogen and oxygen atoms in total. The summed E-state index contributed by atoms with van der Waals surface area (Å²) in [7, 11) is 0. The number of thiazole rings is 1. The van der Waals surface area contributed by atoms with Crippen LogP contribution in [0, 0.1) is 6.92 Å². The fourth-order valence-corrected chi connectivity index (χ4v) is 2.79. The zero-order chi connectivity index (χ0) is 13.7. The van der Waals surface area contributed by atoms with E-state index >= 15 is 0 Å². The first-order chi connectivity index (χ1) is 9.22. The molecule has 0 aliphatic carbocycles. The number of hydrogen-bond donors (Lipinski definition) is 1. The molecule has 0 saturated heterocycles. The number of rotatable bonds is 6. The molecule has 2 aromatic rings. The normalized spacial score (nSPS) is 10.7. The highest BCUT2D eigenvalue weighted by Crippen LogP contribution is 2.18. The Morgan fingerprint density at radius 3 is 2.58 bits per heavy atom. The van der Waals surface area contributed by atoms with E-state index in [0.29, 0.717) is 13.2 Å². The monoisotopic (exact) mass is 276 g/mol. The fourth-order valence-electron chi connectivity index (χ4n) is 1.86. The summed E-state index contributed by atoms with van der Waals surface area (Å²) in [6.07, 6.45) is 1.89. The predicted molar refractivity (Wildman–Crippen MR) is 79.8 cm³/mol. The summed E-state index contributed by atoms with van der Waals surface area (Å²) in [6, 6.07) is 8.26. The van der Waals surface area contributed by atoms with Crippen molar-refractivity contribution in [1.29, 1.82) is 0 Å². The van der Waals surface area contributed by atoms with Crippen LogP contribution in [-0.4, -0.2) is 11.6 Å². The Morgan fingerprint density at radius 1 is 1.26 bits per heavy atom. The first kappa shape index (κ1) is 14.0. The number of nitrogens with two attached hydrogens (primary N) is 1. The molecule has 19 heavy (non-hydrogen) atoms. The SMILES string of the molecule is CCc1ccc(OCCc2nc(C)c(CN)s2)cc1. The molecule has 1 aromatic heterocycles. The summed E-state index contributed by atoms with van der Waals surface area (Å²) in [5.74, 6) is 0.921. The summed E-state index contributed by atoms with van der Waals surface area (Å²) in [4.78, 5) is 5.67. The lowest BCUT2D eigenvalue weighted by Gasteiger charge is -2.05. The molecule has 2 rings (SSSR count). The lowest BCUT2D eigenvalue weighted by molar-refractivity contribution is 0.321. The van der Waals surface area contributed by atoms with Gasteiger partial charge in [-0.05, 0) is 31.0 Å². The van der Waals surface area contributed by atoms with Gasteiger partial charge in [-0.1, -0.05) is 19.1 Å². The second kappa shape index (κ2) is 6.68. The van der Waals surface area contributed by atoms with Gasteiger partial charge in [0.25, 0.3) is 0 Å². The lowest BCUT2D eigenvalue weighted by atomic mass is 10.2. The number of nitrogens with zero attached hydrogens (tertiary/aromatic N) is 1. The molecule has 0 radical (unpaired) electrons. The first-order valence-corrected chi connectivity index (χ1v) is 7.41. The number of aryl methyl sites for hydroxylation is 2. The van der Waals surface area contributed by atoms with Crippen LogP contribution in [0.2, 0.25) is 0 Å². The maximum atomic E-state index is 5.73. The average molecular weight is 276 g/mol. The molecule has 0 unspecified atom stereocenters. The molecular weight excluding hydrogens is 256 g/mol. The summed E-state index contributed by atoms with van der Waals surface area (Å²) < 4.78 is 5.73. The highest BCUT2D eigenvalue weighted by atomic mass is 32.1. The summed E-state index contributed by atoms with van der Waals surface area (Å²) in [5.41, 5.74) is 8.03. The number of benzene rings is 1. The minimum absolute atomic E-state index is 0.572. The summed E-state index contributed by atoms with van der Waals surface area (Å²) in [6.45, 7) is 5.38. The van der Waals surface area contributed by atoms with E-state index in [1.807, 2.05) is 19.1 Å². The number of aromatic nitrogens is 1. The lowest BCUT2D eigenvalue weighted by Crippen LogP contribution is -2.01. The van der Waals surface area contributed by atoms with Gasteiger partial charge in [-0.15, -0.1) is 11.3 Å². The van der Waals surface area contributed by atoms with Crippen molar-refractivity contribution in [2.24, 2.45) is 5.73 Å². The smallest absolute Gasteiger partial charge is 0.119 e. The quantitative estimate of drug-likeness (QED) is 0.882. The van der Waals surface area contributed by atoms with Gasteiger partial charge in [0, 0.05) is 17.8 Å². The molecule has 0 aliphatic heterocycles. The van der Waals surface area contributed by atoms with Crippen LogP contribution in [0.5, 0.6) is 5.75 Å². The summed E-state index contributed by atoms with van der Waals surface area (Å²) >= 11 is 1.68. The van der Waals surface area contributed by atoms with Crippen LogP contribution < -0.4 is 10.5 Å². The zero-order valence-electron chi connectivity index (χ0n) is 11.5. The number of hydrogen-bond acceptors (Lipinski definition) is 4. The van der Waals surface area contributed by atoms with Gasteiger partial charge in [-0.2, -0.15) is 0 Å². The first-order valence-electron chi connectivity index (χ1n) is 6.60. The van der Waals surface area contributed by atoms with Crippen molar-refractivity contribution in [3.05, 3.63) is 45.4 Å². The van der Waals surface area contributed by atoms with Crippen LogP contribution in [0.1, 0.15) is 28.1 Å². The van der Waals surface area contributed by atoms with Crippen LogP contribution in [0.4, 0.5) is 0 Å². The molecule has 1 heterocycles. The van der Waals surface area contributed by atoms with Crippen LogP contribution in [-0.2, 0) is 19.4 Å². The Balaban J connectivity index is 1.85. The summed E-state index contributed by atoms with van der Waals surface area (Å²) in [5, 5.41) is 1.10. The van der Waals surface area contributed by atoms with Crippen molar-refractivity contribution in [3.63, 3.8) is 0 Å². The van der Waals surface area contributed by atoms with Gasteiger partial charge in [-0.3, -0.25) is 0 Å². The third-order valence-corrected chi connectivity index (χ3v) is 4.28. The maximum Gasteiger partial charge on any atom is 0.119 e. The van der Waals surface area contributed by atoms with Gasteiger partial charge < -0.3 is 10.5 Å². The number of ether oxygens (including phenoxy) is 1. The Labute approximate surface area is 118 Å². The molecule has 0 saturated carbocycles. The van der Waals surface area contributed by atoms with E-state index in [2.05, 4.69) is 24.0 Å². The zero-order valence-corrected chi connectivity index (χ0v) is 12.3. The van der Waals surface area contributed by atoms with Crippen molar-refractivity contribution < 1.29 is 4.74 Å². The van der Waals surface area contributed by atoms with Crippen LogP contribution in [0.25, 0.3) is 0 Å². The minimum atomic E-state index is 0.572. The van der Waals surface area contributed by atoms with Crippen molar-refractivity contribution in [1.82, 2.24) is 4.98 Å². The van der Waals surface area contributed by atoms with Crippen molar-refractivity contribution >= 4 is 11.3 Å². The molecule has 1 aromatic carbocycles. The predicted octanol–water partition coefficient (Wildman–Crippen LogP) is 3.09. The maximum absolute atomic E-state index is 5.73.